The molecule has 2 atom stereocenters. The number of hydrogen-bond acceptors (Lipinski definition) is 3. The molecule has 0 amide bonds. The largest absolute Gasteiger partial charge is 0.380 e. The minimum atomic E-state index is -0.647. The molecule has 2 heterocycles. The first-order valence-corrected chi connectivity index (χ1v) is 14.0. The van der Waals surface area contributed by atoms with Gasteiger partial charge in [0.1, 0.15) is 5.60 Å². The number of ether oxygens (including phenoxy) is 2. The van der Waals surface area contributed by atoms with E-state index in [1.807, 2.05) is 0 Å². The first-order valence-electron chi connectivity index (χ1n) is 14.0. The van der Waals surface area contributed by atoms with Gasteiger partial charge in [0, 0.05) is 18.2 Å². The molecule has 6 rings (SSSR count). The van der Waals surface area contributed by atoms with E-state index in [1.54, 1.807) is 0 Å². The molecule has 188 valence electrons. The molecule has 0 unspecified atom stereocenters. The summed E-state index contributed by atoms with van der Waals surface area (Å²) in [4.78, 5) is 2.75. The van der Waals surface area contributed by atoms with Gasteiger partial charge in [-0.1, -0.05) is 97.4 Å². The summed E-state index contributed by atoms with van der Waals surface area (Å²) in [6.45, 7) is 3.72. The molecule has 0 radical (unpaired) electrons. The Kier molecular flexibility index (Phi) is 6.97. The van der Waals surface area contributed by atoms with Crippen molar-refractivity contribution in [2.24, 2.45) is 5.92 Å². The predicted molar refractivity (Wildman–Crippen MR) is 145 cm³/mol. The molecule has 3 fully saturated rings. The second-order valence-electron chi connectivity index (χ2n) is 11.1. The van der Waals surface area contributed by atoms with Gasteiger partial charge in [-0.25, -0.2) is 0 Å². The summed E-state index contributed by atoms with van der Waals surface area (Å²) in [5, 5.41) is 0. The third kappa shape index (κ3) is 4.42. The Balaban J connectivity index is 1.30. The van der Waals surface area contributed by atoms with Crippen LogP contribution < -0.4 is 0 Å². The van der Waals surface area contributed by atoms with Crippen molar-refractivity contribution in [1.82, 2.24) is 4.90 Å². The monoisotopic (exact) mass is 481 g/mol. The fourth-order valence-corrected chi connectivity index (χ4v) is 6.83. The first-order chi connectivity index (χ1) is 17.8. The van der Waals surface area contributed by atoms with E-state index in [1.165, 1.54) is 61.6 Å². The molecule has 2 saturated heterocycles. The summed E-state index contributed by atoms with van der Waals surface area (Å²) in [6.07, 6.45) is 8.95. The molecule has 0 bridgehead atoms. The Bertz CT molecular complexity index is 1000. The third-order valence-corrected chi connectivity index (χ3v) is 9.02. The van der Waals surface area contributed by atoms with Crippen molar-refractivity contribution in [3.05, 3.63) is 108 Å². The van der Waals surface area contributed by atoms with Crippen LogP contribution in [0.1, 0.15) is 61.6 Å². The number of hydrogen-bond donors (Lipinski definition) is 0. The summed E-state index contributed by atoms with van der Waals surface area (Å²) in [6, 6.07) is 32.9. The van der Waals surface area contributed by atoms with E-state index in [2.05, 4.69) is 95.9 Å². The molecule has 3 aromatic rings. The van der Waals surface area contributed by atoms with Crippen molar-refractivity contribution < 1.29 is 9.47 Å². The highest BCUT2D eigenvalue weighted by molar-refractivity contribution is 5.47. The molecule has 3 nitrogen and oxygen atoms in total. The van der Waals surface area contributed by atoms with Gasteiger partial charge in [-0.05, 0) is 67.7 Å². The molecule has 1 saturated carbocycles. The normalized spacial score (nSPS) is 24.5. The van der Waals surface area contributed by atoms with E-state index < -0.39 is 5.60 Å². The maximum atomic E-state index is 7.31. The highest BCUT2D eigenvalue weighted by Gasteiger charge is 2.51. The van der Waals surface area contributed by atoms with Gasteiger partial charge in [0.15, 0.2) is 0 Å². The number of fused-ring (bicyclic) bond motifs is 1. The Morgan fingerprint density at radius 2 is 1.28 bits per heavy atom. The summed E-state index contributed by atoms with van der Waals surface area (Å²) in [7, 11) is 0. The molecular weight excluding hydrogens is 442 g/mol. The van der Waals surface area contributed by atoms with Crippen molar-refractivity contribution >= 4 is 0 Å². The lowest BCUT2D eigenvalue weighted by molar-refractivity contribution is -0.0535. The highest BCUT2D eigenvalue weighted by Crippen LogP contribution is 2.47. The smallest absolute Gasteiger partial charge is 0.143 e. The summed E-state index contributed by atoms with van der Waals surface area (Å²) >= 11 is 0. The lowest BCUT2D eigenvalue weighted by Gasteiger charge is -2.41. The zero-order valence-corrected chi connectivity index (χ0v) is 21.4. The molecule has 1 aliphatic carbocycles. The molecule has 3 aliphatic rings. The molecule has 36 heavy (non-hydrogen) atoms. The number of benzene rings is 3. The first kappa shape index (κ1) is 23.9. The Labute approximate surface area is 216 Å². The maximum Gasteiger partial charge on any atom is 0.143 e. The quantitative estimate of drug-likeness (QED) is 0.297. The molecule has 0 spiro atoms. The molecular formula is C33H39NO2. The Morgan fingerprint density at radius 1 is 0.694 bits per heavy atom. The minimum Gasteiger partial charge on any atom is -0.380 e. The fourth-order valence-electron chi connectivity index (χ4n) is 6.83. The van der Waals surface area contributed by atoms with Gasteiger partial charge in [0.05, 0.1) is 13.2 Å². The van der Waals surface area contributed by atoms with Crippen LogP contribution in [0.4, 0.5) is 0 Å². The average molecular weight is 482 g/mol. The van der Waals surface area contributed by atoms with Crippen molar-refractivity contribution in [2.45, 2.75) is 62.1 Å². The van der Waals surface area contributed by atoms with Crippen LogP contribution in [0.3, 0.4) is 0 Å². The van der Waals surface area contributed by atoms with Gasteiger partial charge in [-0.3, -0.25) is 4.90 Å². The topological polar surface area (TPSA) is 21.7 Å². The summed E-state index contributed by atoms with van der Waals surface area (Å²) in [5.41, 5.74) is 3.00. The average Bonchev–Trinajstić information content (AvgIpc) is 3.48. The number of nitrogens with zero attached hydrogens (tertiary/aromatic N) is 1. The van der Waals surface area contributed by atoms with Gasteiger partial charge in [0.2, 0.25) is 0 Å². The minimum absolute atomic E-state index is 0.105. The summed E-state index contributed by atoms with van der Waals surface area (Å²) < 4.78 is 13.6. The SMILES string of the molecule is c1ccc(C(OC[C@@]23CCCN2[C@H](COCC2CCC2)CC3)(c2ccccc2)c2ccccc2)cc1. The van der Waals surface area contributed by atoms with Gasteiger partial charge in [-0.2, -0.15) is 0 Å². The summed E-state index contributed by atoms with van der Waals surface area (Å²) in [5.74, 6) is 0.807. The van der Waals surface area contributed by atoms with E-state index in [9.17, 15) is 0 Å². The lowest BCUT2D eigenvalue weighted by Crippen LogP contribution is -2.49. The van der Waals surface area contributed by atoms with Crippen LogP contribution in [-0.4, -0.2) is 42.8 Å². The molecule has 2 aliphatic heterocycles. The fraction of sp³-hybridized carbons (Fsp3) is 0.455. The second kappa shape index (κ2) is 10.5. The molecule has 3 heteroatoms. The Hall–Kier alpha value is -2.46. The van der Waals surface area contributed by atoms with Gasteiger partial charge < -0.3 is 9.47 Å². The maximum absolute atomic E-state index is 7.31. The van der Waals surface area contributed by atoms with E-state index in [-0.39, 0.29) is 5.54 Å². The van der Waals surface area contributed by atoms with Crippen molar-refractivity contribution in [3.8, 4) is 0 Å². The molecule has 3 aromatic carbocycles. The van der Waals surface area contributed by atoms with Crippen LogP contribution >= 0.6 is 0 Å². The van der Waals surface area contributed by atoms with E-state index in [0.29, 0.717) is 6.04 Å². The zero-order valence-electron chi connectivity index (χ0n) is 21.4. The zero-order chi connectivity index (χ0) is 24.3. The standard InChI is InChI=1S/C33H39NO2/c1-4-14-28(15-5-1)33(29-16-6-2-7-17-29,30-18-8-3-9-19-30)36-26-32-21-11-23-34(32)31(20-22-32)25-35-24-27-12-10-13-27/h1-9,14-19,27,31H,10-13,20-26H2/t31-,32-/m0/s1. The van der Waals surface area contributed by atoms with Gasteiger partial charge in [0.25, 0.3) is 0 Å². The van der Waals surface area contributed by atoms with Gasteiger partial charge in [-0.15, -0.1) is 0 Å². The van der Waals surface area contributed by atoms with Crippen molar-refractivity contribution in [3.63, 3.8) is 0 Å². The second-order valence-corrected chi connectivity index (χ2v) is 11.1. The van der Waals surface area contributed by atoms with Crippen LogP contribution in [-0.2, 0) is 15.1 Å². The third-order valence-electron chi connectivity index (χ3n) is 9.02. The van der Waals surface area contributed by atoms with Gasteiger partial charge >= 0.3 is 0 Å². The molecule has 0 N–H and O–H groups in total. The van der Waals surface area contributed by atoms with Crippen LogP contribution in [0, 0.1) is 5.92 Å². The van der Waals surface area contributed by atoms with Crippen LogP contribution in [0.2, 0.25) is 0 Å². The highest BCUT2D eigenvalue weighted by atomic mass is 16.5. The predicted octanol–water partition coefficient (Wildman–Crippen LogP) is 6.81. The van der Waals surface area contributed by atoms with E-state index >= 15 is 0 Å². The van der Waals surface area contributed by atoms with E-state index in [0.717, 1.165) is 32.3 Å². The van der Waals surface area contributed by atoms with Crippen LogP contribution in [0.15, 0.2) is 91.0 Å². The Morgan fingerprint density at radius 3 is 1.81 bits per heavy atom. The van der Waals surface area contributed by atoms with E-state index in [4.69, 9.17) is 9.47 Å². The number of rotatable bonds is 10. The molecule has 0 aromatic heterocycles. The van der Waals surface area contributed by atoms with Crippen LogP contribution in [0.5, 0.6) is 0 Å². The van der Waals surface area contributed by atoms with Crippen LogP contribution in [0.25, 0.3) is 0 Å². The lowest BCUT2D eigenvalue weighted by atomic mass is 9.79. The van der Waals surface area contributed by atoms with Crippen molar-refractivity contribution in [1.29, 1.82) is 0 Å². The van der Waals surface area contributed by atoms with Crippen molar-refractivity contribution in [2.75, 3.05) is 26.4 Å².